The van der Waals surface area contributed by atoms with Crippen molar-refractivity contribution in [2.45, 2.75) is 39.3 Å². The van der Waals surface area contributed by atoms with Gasteiger partial charge in [-0.2, -0.15) is 0 Å². The van der Waals surface area contributed by atoms with E-state index in [2.05, 4.69) is 26.6 Å². The predicted molar refractivity (Wildman–Crippen MR) is 78.3 cm³/mol. The Morgan fingerprint density at radius 1 is 1.37 bits per heavy atom. The molecule has 0 heterocycles. The zero-order valence-corrected chi connectivity index (χ0v) is 13.1. The SMILES string of the molecule is CC(C)(C)NC(=O)CCNCc1ccc(F)c(Br)c1. The maximum Gasteiger partial charge on any atom is 0.221 e. The van der Waals surface area contributed by atoms with Crippen molar-refractivity contribution in [1.29, 1.82) is 0 Å². The van der Waals surface area contributed by atoms with Crippen molar-refractivity contribution in [3.05, 3.63) is 34.1 Å². The molecule has 0 radical (unpaired) electrons. The molecule has 2 N–H and O–H groups in total. The molecular weight excluding hydrogens is 311 g/mol. The van der Waals surface area contributed by atoms with Crippen LogP contribution in [-0.4, -0.2) is 18.0 Å². The number of benzene rings is 1. The van der Waals surface area contributed by atoms with E-state index in [9.17, 15) is 9.18 Å². The molecule has 1 aromatic rings. The van der Waals surface area contributed by atoms with Gasteiger partial charge < -0.3 is 10.6 Å². The van der Waals surface area contributed by atoms with Crippen LogP contribution in [0, 0.1) is 5.82 Å². The van der Waals surface area contributed by atoms with E-state index >= 15 is 0 Å². The van der Waals surface area contributed by atoms with Crippen LogP contribution in [0.4, 0.5) is 4.39 Å². The summed E-state index contributed by atoms with van der Waals surface area (Å²) in [6.45, 7) is 7.07. The molecule has 1 amide bonds. The molecule has 0 saturated carbocycles. The highest BCUT2D eigenvalue weighted by atomic mass is 79.9. The second kappa shape index (κ2) is 7.01. The minimum absolute atomic E-state index is 0.0280. The van der Waals surface area contributed by atoms with Gasteiger partial charge in [-0.05, 0) is 54.4 Å². The Bertz CT molecular complexity index is 444. The Morgan fingerprint density at radius 2 is 2.05 bits per heavy atom. The van der Waals surface area contributed by atoms with E-state index in [0.717, 1.165) is 5.56 Å². The lowest BCUT2D eigenvalue weighted by Gasteiger charge is -2.20. The van der Waals surface area contributed by atoms with Crippen LogP contribution < -0.4 is 10.6 Å². The van der Waals surface area contributed by atoms with Crippen LogP contribution >= 0.6 is 15.9 Å². The highest BCUT2D eigenvalue weighted by Gasteiger charge is 2.12. The molecule has 0 aliphatic carbocycles. The number of carbonyl (C=O) groups excluding carboxylic acids is 1. The van der Waals surface area contributed by atoms with E-state index in [1.54, 1.807) is 12.1 Å². The number of rotatable bonds is 5. The molecular formula is C14H20BrFN2O. The fraction of sp³-hybridized carbons (Fsp3) is 0.500. The molecule has 106 valence electrons. The van der Waals surface area contributed by atoms with Crippen LogP contribution in [0.15, 0.2) is 22.7 Å². The van der Waals surface area contributed by atoms with Crippen LogP contribution in [-0.2, 0) is 11.3 Å². The van der Waals surface area contributed by atoms with Crippen molar-refractivity contribution in [2.24, 2.45) is 0 Å². The first-order chi connectivity index (χ1) is 8.78. The Balaban J connectivity index is 2.27. The van der Waals surface area contributed by atoms with Gasteiger partial charge in [-0.1, -0.05) is 6.07 Å². The number of carbonyl (C=O) groups is 1. The van der Waals surface area contributed by atoms with Crippen LogP contribution in [0.5, 0.6) is 0 Å². The minimum atomic E-state index is -0.270. The first kappa shape index (κ1) is 16.1. The molecule has 0 unspecified atom stereocenters. The molecule has 3 nitrogen and oxygen atoms in total. The monoisotopic (exact) mass is 330 g/mol. The van der Waals surface area contributed by atoms with Crippen molar-refractivity contribution in [1.82, 2.24) is 10.6 Å². The van der Waals surface area contributed by atoms with Crippen molar-refractivity contribution in [3.63, 3.8) is 0 Å². The molecule has 0 aliphatic heterocycles. The van der Waals surface area contributed by atoms with Gasteiger partial charge in [0.25, 0.3) is 0 Å². The zero-order chi connectivity index (χ0) is 14.5. The Hall–Kier alpha value is -0.940. The van der Waals surface area contributed by atoms with E-state index in [1.165, 1.54) is 6.07 Å². The van der Waals surface area contributed by atoms with Gasteiger partial charge in [-0.25, -0.2) is 4.39 Å². The molecule has 19 heavy (non-hydrogen) atoms. The highest BCUT2D eigenvalue weighted by molar-refractivity contribution is 9.10. The molecule has 0 saturated heterocycles. The van der Waals surface area contributed by atoms with E-state index in [-0.39, 0.29) is 17.3 Å². The standard InChI is InChI=1S/C14H20BrFN2O/c1-14(2,3)18-13(19)6-7-17-9-10-4-5-12(16)11(15)8-10/h4-5,8,17H,6-7,9H2,1-3H3,(H,18,19). The lowest BCUT2D eigenvalue weighted by molar-refractivity contribution is -0.122. The number of hydrogen-bond acceptors (Lipinski definition) is 2. The minimum Gasteiger partial charge on any atom is -0.351 e. The van der Waals surface area contributed by atoms with Gasteiger partial charge in [-0.3, -0.25) is 4.79 Å². The second-order valence-corrected chi connectivity index (χ2v) is 6.33. The van der Waals surface area contributed by atoms with E-state index in [1.807, 2.05) is 20.8 Å². The lowest BCUT2D eigenvalue weighted by Crippen LogP contribution is -2.41. The molecule has 0 atom stereocenters. The summed E-state index contributed by atoms with van der Waals surface area (Å²) in [7, 11) is 0. The average molecular weight is 331 g/mol. The molecule has 0 bridgehead atoms. The van der Waals surface area contributed by atoms with Crippen molar-refractivity contribution in [3.8, 4) is 0 Å². The molecule has 1 aromatic carbocycles. The second-order valence-electron chi connectivity index (χ2n) is 5.47. The number of hydrogen-bond donors (Lipinski definition) is 2. The van der Waals surface area contributed by atoms with Gasteiger partial charge in [0, 0.05) is 25.0 Å². The molecule has 0 aliphatic rings. The van der Waals surface area contributed by atoms with Gasteiger partial charge in [0.05, 0.1) is 4.47 Å². The number of amides is 1. The molecule has 5 heteroatoms. The average Bonchev–Trinajstić information content (AvgIpc) is 2.27. The smallest absolute Gasteiger partial charge is 0.221 e. The van der Waals surface area contributed by atoms with Gasteiger partial charge in [-0.15, -0.1) is 0 Å². The van der Waals surface area contributed by atoms with Crippen LogP contribution in [0.1, 0.15) is 32.8 Å². The first-order valence-electron chi connectivity index (χ1n) is 6.23. The van der Waals surface area contributed by atoms with Crippen LogP contribution in [0.2, 0.25) is 0 Å². The summed E-state index contributed by atoms with van der Waals surface area (Å²) in [5.74, 6) is -0.242. The van der Waals surface area contributed by atoms with Gasteiger partial charge in [0.1, 0.15) is 5.82 Å². The molecule has 1 rings (SSSR count). The summed E-state index contributed by atoms with van der Waals surface area (Å²) in [6.07, 6.45) is 0.430. The normalized spacial score (nSPS) is 11.4. The predicted octanol–water partition coefficient (Wildman–Crippen LogP) is 2.98. The third-order valence-electron chi connectivity index (χ3n) is 2.36. The maximum atomic E-state index is 13.0. The van der Waals surface area contributed by atoms with Gasteiger partial charge in [0.15, 0.2) is 0 Å². The number of nitrogens with one attached hydrogen (secondary N) is 2. The van der Waals surface area contributed by atoms with Crippen molar-refractivity contribution in [2.75, 3.05) is 6.54 Å². The molecule has 0 fully saturated rings. The van der Waals surface area contributed by atoms with E-state index < -0.39 is 0 Å². The summed E-state index contributed by atoms with van der Waals surface area (Å²) < 4.78 is 13.5. The summed E-state index contributed by atoms with van der Waals surface area (Å²) >= 11 is 3.14. The van der Waals surface area contributed by atoms with Crippen molar-refractivity contribution >= 4 is 21.8 Å². The molecule has 0 spiro atoms. The van der Waals surface area contributed by atoms with E-state index in [0.29, 0.717) is 24.0 Å². The van der Waals surface area contributed by atoms with Gasteiger partial charge >= 0.3 is 0 Å². The fourth-order valence-electron chi connectivity index (χ4n) is 1.56. The Morgan fingerprint density at radius 3 is 2.63 bits per heavy atom. The summed E-state index contributed by atoms with van der Waals surface area (Å²) in [6, 6.07) is 4.88. The summed E-state index contributed by atoms with van der Waals surface area (Å²) in [4.78, 5) is 11.6. The summed E-state index contributed by atoms with van der Waals surface area (Å²) in [5, 5.41) is 6.06. The first-order valence-corrected chi connectivity index (χ1v) is 7.03. The maximum absolute atomic E-state index is 13.0. The zero-order valence-electron chi connectivity index (χ0n) is 11.5. The van der Waals surface area contributed by atoms with Gasteiger partial charge in [0.2, 0.25) is 5.91 Å². The third-order valence-corrected chi connectivity index (χ3v) is 2.96. The Labute approximate surface area is 122 Å². The van der Waals surface area contributed by atoms with Crippen LogP contribution in [0.3, 0.4) is 0 Å². The van der Waals surface area contributed by atoms with E-state index in [4.69, 9.17) is 0 Å². The third kappa shape index (κ3) is 6.68. The van der Waals surface area contributed by atoms with Crippen molar-refractivity contribution < 1.29 is 9.18 Å². The summed E-state index contributed by atoms with van der Waals surface area (Å²) in [5.41, 5.74) is 0.781. The lowest BCUT2D eigenvalue weighted by atomic mass is 10.1. The topological polar surface area (TPSA) is 41.1 Å². The highest BCUT2D eigenvalue weighted by Crippen LogP contribution is 2.16. The number of halogens is 2. The Kier molecular flexibility index (Phi) is 5.94. The fourth-order valence-corrected chi connectivity index (χ4v) is 1.99. The largest absolute Gasteiger partial charge is 0.351 e. The van der Waals surface area contributed by atoms with Crippen LogP contribution in [0.25, 0.3) is 0 Å². The quantitative estimate of drug-likeness (QED) is 0.815. The molecule has 0 aromatic heterocycles.